The number of hydrogen-bond donors (Lipinski definition) is 1. The van der Waals surface area contributed by atoms with Crippen molar-refractivity contribution in [2.45, 2.75) is 39.3 Å². The maximum atomic E-state index is 13.6. The van der Waals surface area contributed by atoms with Crippen molar-refractivity contribution in [3.05, 3.63) is 17.9 Å². The highest BCUT2D eigenvalue weighted by atomic mass is 19.3. The molecule has 0 amide bonds. The van der Waals surface area contributed by atoms with Crippen LogP contribution in [0.25, 0.3) is 0 Å². The van der Waals surface area contributed by atoms with Crippen LogP contribution in [0.4, 0.5) is 24.5 Å². The first-order chi connectivity index (χ1) is 9.38. The van der Waals surface area contributed by atoms with Crippen molar-refractivity contribution in [3.63, 3.8) is 0 Å². The minimum Gasteiger partial charge on any atom is -0.432 e. The largest absolute Gasteiger partial charge is 0.432 e. The number of halogens is 3. The summed E-state index contributed by atoms with van der Waals surface area (Å²) < 4.78 is 42.3. The van der Waals surface area contributed by atoms with Crippen molar-refractivity contribution < 1.29 is 17.9 Å². The fourth-order valence-corrected chi connectivity index (χ4v) is 2.16. The van der Waals surface area contributed by atoms with Crippen molar-refractivity contribution in [1.82, 2.24) is 0 Å². The van der Waals surface area contributed by atoms with Crippen molar-refractivity contribution in [2.24, 2.45) is 5.92 Å². The number of rotatable bonds is 6. The number of hydrogen-bond acceptors (Lipinski definition) is 3. The Hall–Kier alpha value is -1.59. The predicted molar refractivity (Wildman–Crippen MR) is 72.7 cm³/mol. The number of benzene rings is 1. The fraction of sp³-hybridized carbons (Fsp3) is 0.571. The van der Waals surface area contributed by atoms with Crippen LogP contribution in [-0.4, -0.2) is 19.2 Å². The molecule has 0 spiro atoms. The second kappa shape index (κ2) is 5.81. The van der Waals surface area contributed by atoms with Crippen molar-refractivity contribution in [1.29, 1.82) is 0 Å². The van der Waals surface area contributed by atoms with Crippen LogP contribution in [0.3, 0.4) is 0 Å². The van der Waals surface area contributed by atoms with Gasteiger partial charge in [-0.2, -0.15) is 8.78 Å². The van der Waals surface area contributed by atoms with Gasteiger partial charge in [0, 0.05) is 24.7 Å². The third-order valence-electron chi connectivity index (χ3n) is 3.38. The second-order valence-corrected chi connectivity index (χ2v) is 5.41. The molecule has 0 bridgehead atoms. The molecule has 1 aromatic carbocycles. The van der Waals surface area contributed by atoms with Gasteiger partial charge in [0.05, 0.1) is 11.4 Å². The molecule has 6 heteroatoms. The van der Waals surface area contributed by atoms with Gasteiger partial charge in [0.2, 0.25) is 0 Å². The zero-order valence-electron chi connectivity index (χ0n) is 11.6. The molecule has 1 aliphatic carbocycles. The number of nitrogens with two attached hydrogens (primary N) is 1. The summed E-state index contributed by atoms with van der Waals surface area (Å²) in [5.41, 5.74) is 6.61. The molecular weight excluding hydrogens is 269 g/mol. The molecule has 20 heavy (non-hydrogen) atoms. The molecule has 0 aliphatic heterocycles. The number of anilines is 2. The summed E-state index contributed by atoms with van der Waals surface area (Å²) >= 11 is 0. The van der Waals surface area contributed by atoms with Crippen LogP contribution in [-0.2, 0) is 0 Å². The van der Waals surface area contributed by atoms with Gasteiger partial charge in [-0.15, -0.1) is 0 Å². The first-order valence-electron chi connectivity index (χ1n) is 6.69. The molecule has 3 nitrogen and oxygen atoms in total. The lowest BCUT2D eigenvalue weighted by Crippen LogP contribution is -2.33. The van der Waals surface area contributed by atoms with Gasteiger partial charge in [-0.25, -0.2) is 4.39 Å². The third kappa shape index (κ3) is 3.49. The molecule has 2 N–H and O–H groups in total. The van der Waals surface area contributed by atoms with Crippen LogP contribution in [0.5, 0.6) is 5.75 Å². The number of nitrogen functional groups attached to an aromatic ring is 1. The maximum absolute atomic E-state index is 13.6. The highest BCUT2D eigenvalue weighted by Crippen LogP contribution is 2.37. The van der Waals surface area contributed by atoms with Gasteiger partial charge in [0.1, 0.15) is 0 Å². The Morgan fingerprint density at radius 3 is 2.50 bits per heavy atom. The van der Waals surface area contributed by atoms with E-state index >= 15 is 0 Å². The SMILES string of the molecule is CC(C)N(CC1CC1)c1cc(OC(F)F)c(F)cc1N. The van der Waals surface area contributed by atoms with Gasteiger partial charge >= 0.3 is 6.61 Å². The molecule has 0 saturated heterocycles. The van der Waals surface area contributed by atoms with E-state index in [2.05, 4.69) is 4.74 Å². The lowest BCUT2D eigenvalue weighted by Gasteiger charge is -2.30. The summed E-state index contributed by atoms with van der Waals surface area (Å²) in [6, 6.07) is 2.44. The first-order valence-corrected chi connectivity index (χ1v) is 6.69. The van der Waals surface area contributed by atoms with Gasteiger partial charge in [-0.1, -0.05) is 0 Å². The Balaban J connectivity index is 2.31. The van der Waals surface area contributed by atoms with Crippen molar-refractivity contribution >= 4 is 11.4 Å². The summed E-state index contributed by atoms with van der Waals surface area (Å²) in [6.45, 7) is 1.70. The summed E-state index contributed by atoms with van der Waals surface area (Å²) in [6.07, 6.45) is 2.31. The van der Waals surface area contributed by atoms with Gasteiger partial charge in [0.25, 0.3) is 0 Å². The smallest absolute Gasteiger partial charge is 0.387 e. The molecule has 2 rings (SSSR count). The first kappa shape index (κ1) is 14.8. The van der Waals surface area contributed by atoms with Gasteiger partial charge in [-0.05, 0) is 32.6 Å². The number of alkyl halides is 2. The molecule has 0 unspecified atom stereocenters. The minimum atomic E-state index is -3.06. The zero-order chi connectivity index (χ0) is 14.9. The number of ether oxygens (including phenoxy) is 1. The average Bonchev–Trinajstić information content (AvgIpc) is 3.13. The van der Waals surface area contributed by atoms with Crippen LogP contribution in [0.15, 0.2) is 12.1 Å². The normalized spacial score (nSPS) is 14.9. The van der Waals surface area contributed by atoms with Crippen LogP contribution >= 0.6 is 0 Å². The van der Waals surface area contributed by atoms with E-state index in [-0.39, 0.29) is 11.7 Å². The summed E-state index contributed by atoms with van der Waals surface area (Å²) in [4.78, 5) is 2.00. The summed E-state index contributed by atoms with van der Waals surface area (Å²) in [7, 11) is 0. The van der Waals surface area contributed by atoms with Crippen LogP contribution in [0.1, 0.15) is 26.7 Å². The molecule has 1 aromatic rings. The van der Waals surface area contributed by atoms with Crippen LogP contribution in [0.2, 0.25) is 0 Å². The molecule has 1 saturated carbocycles. The van der Waals surface area contributed by atoms with E-state index in [0.717, 1.165) is 25.5 Å². The second-order valence-electron chi connectivity index (χ2n) is 5.41. The molecule has 0 radical (unpaired) electrons. The van der Waals surface area contributed by atoms with E-state index in [0.29, 0.717) is 11.6 Å². The monoisotopic (exact) mass is 288 g/mol. The molecule has 1 aliphatic rings. The molecule has 112 valence electrons. The zero-order valence-corrected chi connectivity index (χ0v) is 11.6. The molecule has 0 heterocycles. The molecule has 1 fully saturated rings. The predicted octanol–water partition coefficient (Wildman–Crippen LogP) is 3.63. The number of nitrogens with zero attached hydrogens (tertiary/aromatic N) is 1. The standard InChI is InChI=1S/C14H19F3N2O/c1-8(2)19(7-9-3-4-9)12-6-13(20-14(16)17)10(15)5-11(12)18/h5-6,8-9,14H,3-4,7,18H2,1-2H3. The Labute approximate surface area is 116 Å². The van der Waals surface area contributed by atoms with E-state index in [1.807, 2.05) is 18.7 Å². The van der Waals surface area contributed by atoms with E-state index in [9.17, 15) is 13.2 Å². The highest BCUT2D eigenvalue weighted by Gasteiger charge is 2.27. The summed E-state index contributed by atoms with van der Waals surface area (Å²) in [5, 5.41) is 0. The highest BCUT2D eigenvalue weighted by molar-refractivity contribution is 5.70. The fourth-order valence-electron chi connectivity index (χ4n) is 2.16. The Morgan fingerprint density at radius 1 is 1.35 bits per heavy atom. The van der Waals surface area contributed by atoms with Crippen LogP contribution in [0, 0.1) is 11.7 Å². The maximum Gasteiger partial charge on any atom is 0.387 e. The van der Waals surface area contributed by atoms with E-state index in [1.54, 1.807) is 0 Å². The van der Waals surface area contributed by atoms with Gasteiger partial charge < -0.3 is 15.4 Å². The molecular formula is C14H19F3N2O. The van der Waals surface area contributed by atoms with Gasteiger partial charge in [0.15, 0.2) is 11.6 Å². The molecule has 0 aromatic heterocycles. The van der Waals surface area contributed by atoms with E-state index < -0.39 is 18.2 Å². The Morgan fingerprint density at radius 2 is 2.00 bits per heavy atom. The third-order valence-corrected chi connectivity index (χ3v) is 3.38. The van der Waals surface area contributed by atoms with Crippen molar-refractivity contribution in [2.75, 3.05) is 17.2 Å². The van der Waals surface area contributed by atoms with Crippen LogP contribution < -0.4 is 15.4 Å². The van der Waals surface area contributed by atoms with Gasteiger partial charge in [-0.3, -0.25) is 0 Å². The Bertz CT molecular complexity index is 476. The topological polar surface area (TPSA) is 38.5 Å². The summed E-state index contributed by atoms with van der Waals surface area (Å²) in [5.74, 6) is -0.742. The Kier molecular flexibility index (Phi) is 4.30. The van der Waals surface area contributed by atoms with E-state index in [4.69, 9.17) is 5.73 Å². The van der Waals surface area contributed by atoms with Crippen molar-refractivity contribution in [3.8, 4) is 5.75 Å². The lowest BCUT2D eigenvalue weighted by atomic mass is 10.1. The molecule has 0 atom stereocenters. The average molecular weight is 288 g/mol. The lowest BCUT2D eigenvalue weighted by molar-refractivity contribution is -0.0521. The van der Waals surface area contributed by atoms with E-state index in [1.165, 1.54) is 6.07 Å². The quantitative estimate of drug-likeness (QED) is 0.812. The minimum absolute atomic E-state index is 0.141.